The van der Waals surface area contributed by atoms with Crippen LogP contribution >= 0.6 is 12.6 Å². The number of amides is 3. The quantitative estimate of drug-likeness (QED) is 0.177. The first-order valence-electron chi connectivity index (χ1n) is 7.34. The molecular weight excluding hydrogens is 356 g/mol. The number of carboxylic acids is 1. The number of aliphatic carboxylic acids is 1. The van der Waals surface area contributed by atoms with Gasteiger partial charge in [0.25, 0.3) is 0 Å². The molecular formula is C13H24N4O7S. The molecule has 0 radical (unpaired) electrons. The Morgan fingerprint density at radius 3 is 1.92 bits per heavy atom. The highest BCUT2D eigenvalue weighted by molar-refractivity contribution is 7.80. The zero-order valence-electron chi connectivity index (χ0n) is 13.8. The second kappa shape index (κ2) is 10.9. The topological polar surface area (TPSA) is 191 Å². The van der Waals surface area contributed by atoms with Crippen LogP contribution in [0.1, 0.15) is 13.8 Å². The van der Waals surface area contributed by atoms with Crippen molar-refractivity contribution >= 4 is 36.3 Å². The highest BCUT2D eigenvalue weighted by atomic mass is 32.1. The fourth-order valence-electron chi connectivity index (χ4n) is 1.54. The van der Waals surface area contributed by atoms with Crippen LogP contribution in [0.5, 0.6) is 0 Å². The minimum absolute atomic E-state index is 0.145. The molecule has 0 saturated heterocycles. The van der Waals surface area contributed by atoms with Gasteiger partial charge in [-0.2, -0.15) is 12.6 Å². The third-order valence-corrected chi connectivity index (χ3v) is 3.55. The van der Waals surface area contributed by atoms with Crippen LogP contribution in [0.2, 0.25) is 0 Å². The first-order chi connectivity index (χ1) is 11.5. The van der Waals surface area contributed by atoms with Crippen molar-refractivity contribution in [1.82, 2.24) is 16.0 Å². The van der Waals surface area contributed by atoms with Gasteiger partial charge in [0.1, 0.15) is 24.2 Å². The number of carbonyl (C=O) groups is 4. The maximum Gasteiger partial charge on any atom is 0.327 e. The number of rotatable bonds is 10. The van der Waals surface area contributed by atoms with Crippen LogP contribution in [0.3, 0.4) is 0 Å². The van der Waals surface area contributed by atoms with E-state index in [1.54, 1.807) is 0 Å². The summed E-state index contributed by atoms with van der Waals surface area (Å²) in [5.74, 6) is -3.95. The third kappa shape index (κ3) is 7.69. The first-order valence-corrected chi connectivity index (χ1v) is 7.97. The zero-order chi connectivity index (χ0) is 19.7. The Hall–Kier alpha value is -1.89. The van der Waals surface area contributed by atoms with Crippen molar-refractivity contribution in [3.63, 3.8) is 0 Å². The van der Waals surface area contributed by atoms with Crippen molar-refractivity contribution in [3.05, 3.63) is 0 Å². The van der Waals surface area contributed by atoms with Crippen LogP contribution in [0.25, 0.3) is 0 Å². The van der Waals surface area contributed by atoms with E-state index in [1.165, 1.54) is 13.8 Å². The Bertz CT molecular complexity index is 503. The molecule has 5 atom stereocenters. The summed E-state index contributed by atoms with van der Waals surface area (Å²) in [7, 11) is 0. The molecule has 0 fully saturated rings. The van der Waals surface area contributed by atoms with Gasteiger partial charge in [0.05, 0.1) is 12.7 Å². The fraction of sp³-hybridized carbons (Fsp3) is 0.692. The number of hydrogen-bond acceptors (Lipinski definition) is 8. The number of carbonyl (C=O) groups excluding carboxylic acids is 3. The number of aliphatic hydroxyl groups excluding tert-OH is 2. The SMILES string of the molecule is CC(NC(=O)C(CO)NC(=O)C(N)C(C)O)C(=O)NC(CS)C(=O)O. The third-order valence-electron chi connectivity index (χ3n) is 3.19. The van der Waals surface area contributed by atoms with Gasteiger partial charge in [0.2, 0.25) is 17.7 Å². The van der Waals surface area contributed by atoms with E-state index in [0.29, 0.717) is 0 Å². The predicted octanol–water partition coefficient (Wildman–Crippen LogP) is -3.82. The highest BCUT2D eigenvalue weighted by Gasteiger charge is 2.28. The van der Waals surface area contributed by atoms with Gasteiger partial charge >= 0.3 is 5.97 Å². The van der Waals surface area contributed by atoms with Crippen LogP contribution in [0, 0.1) is 0 Å². The molecule has 0 aromatic carbocycles. The smallest absolute Gasteiger partial charge is 0.327 e. The first kappa shape index (κ1) is 23.1. The van der Waals surface area contributed by atoms with Crippen molar-refractivity contribution in [2.45, 2.75) is 44.1 Å². The molecule has 5 unspecified atom stereocenters. The molecule has 12 heteroatoms. The summed E-state index contributed by atoms with van der Waals surface area (Å²) >= 11 is 3.79. The Morgan fingerprint density at radius 1 is 1.00 bits per heavy atom. The molecule has 0 rings (SSSR count). The standard InChI is InChI=1S/C13H24N4O7S/c1-5(10(20)17-8(4-25)13(23)24)15-11(21)7(3-18)16-12(22)9(14)6(2)19/h5-9,18-19,25H,3-4,14H2,1-2H3,(H,15,21)(H,16,22)(H,17,20)(H,23,24). The molecule has 0 aliphatic rings. The van der Waals surface area contributed by atoms with Gasteiger partial charge in [-0.3, -0.25) is 14.4 Å². The van der Waals surface area contributed by atoms with E-state index in [9.17, 15) is 29.4 Å². The Morgan fingerprint density at radius 2 is 1.52 bits per heavy atom. The lowest BCUT2D eigenvalue weighted by Gasteiger charge is -2.22. The predicted molar refractivity (Wildman–Crippen MR) is 89.7 cm³/mol. The summed E-state index contributed by atoms with van der Waals surface area (Å²) in [6, 6.07) is -5.06. The van der Waals surface area contributed by atoms with Gasteiger partial charge in [0, 0.05) is 5.75 Å². The molecule has 25 heavy (non-hydrogen) atoms. The van der Waals surface area contributed by atoms with Crippen LogP contribution in [-0.4, -0.2) is 81.6 Å². The molecule has 0 aromatic heterocycles. The maximum absolute atomic E-state index is 12.0. The van der Waals surface area contributed by atoms with E-state index >= 15 is 0 Å². The lowest BCUT2D eigenvalue weighted by Crippen LogP contribution is -2.58. The van der Waals surface area contributed by atoms with Crippen LogP contribution in [0.15, 0.2) is 0 Å². The van der Waals surface area contributed by atoms with E-state index < -0.39 is 60.6 Å². The number of nitrogens with one attached hydrogen (secondary N) is 3. The molecule has 0 aliphatic heterocycles. The van der Waals surface area contributed by atoms with Crippen LogP contribution in [-0.2, 0) is 19.2 Å². The number of thiol groups is 1. The van der Waals surface area contributed by atoms with Gasteiger partial charge in [-0.05, 0) is 13.8 Å². The second-order valence-corrected chi connectivity index (χ2v) is 5.69. The van der Waals surface area contributed by atoms with Gasteiger partial charge in [-0.15, -0.1) is 0 Å². The minimum atomic E-state index is -1.40. The summed E-state index contributed by atoms with van der Waals surface area (Å²) in [4.78, 5) is 46.4. The number of hydrogen-bond donors (Lipinski definition) is 8. The second-order valence-electron chi connectivity index (χ2n) is 5.32. The van der Waals surface area contributed by atoms with E-state index in [0.717, 1.165) is 0 Å². The van der Waals surface area contributed by atoms with Gasteiger partial charge in [-0.25, -0.2) is 4.79 Å². The Labute approximate surface area is 149 Å². The zero-order valence-corrected chi connectivity index (χ0v) is 14.7. The Balaban J connectivity index is 4.73. The number of aliphatic hydroxyl groups is 2. The number of nitrogens with two attached hydrogens (primary N) is 1. The van der Waals surface area contributed by atoms with Gasteiger partial charge < -0.3 is 37.0 Å². The van der Waals surface area contributed by atoms with Crippen LogP contribution < -0.4 is 21.7 Å². The monoisotopic (exact) mass is 380 g/mol. The summed E-state index contributed by atoms with van der Waals surface area (Å²) in [6.45, 7) is 1.81. The van der Waals surface area contributed by atoms with E-state index in [4.69, 9.17) is 10.8 Å². The number of carboxylic acid groups (broad SMARTS) is 1. The van der Waals surface area contributed by atoms with Crippen molar-refractivity contribution in [2.24, 2.45) is 5.73 Å². The fourth-order valence-corrected chi connectivity index (χ4v) is 1.79. The lowest BCUT2D eigenvalue weighted by molar-refractivity contribution is -0.141. The van der Waals surface area contributed by atoms with Crippen molar-refractivity contribution in [3.8, 4) is 0 Å². The summed E-state index contributed by atoms with van der Waals surface area (Å²) < 4.78 is 0. The van der Waals surface area contributed by atoms with E-state index in [-0.39, 0.29) is 5.75 Å². The maximum atomic E-state index is 12.0. The van der Waals surface area contributed by atoms with E-state index in [2.05, 4.69) is 28.6 Å². The molecule has 0 bridgehead atoms. The molecule has 11 nitrogen and oxygen atoms in total. The van der Waals surface area contributed by atoms with E-state index in [1.807, 2.05) is 0 Å². The summed E-state index contributed by atoms with van der Waals surface area (Å²) in [6.07, 6.45) is -1.17. The average molecular weight is 380 g/mol. The Kier molecular flexibility index (Phi) is 10.0. The van der Waals surface area contributed by atoms with Crippen molar-refractivity contribution in [1.29, 1.82) is 0 Å². The van der Waals surface area contributed by atoms with Crippen molar-refractivity contribution < 1.29 is 34.5 Å². The molecule has 8 N–H and O–H groups in total. The molecule has 0 aliphatic carbocycles. The molecule has 3 amide bonds. The summed E-state index contributed by atoms with van der Waals surface area (Å²) in [5, 5.41) is 33.8. The molecule has 0 aromatic rings. The normalized spacial score (nSPS) is 16.7. The largest absolute Gasteiger partial charge is 0.480 e. The van der Waals surface area contributed by atoms with Crippen LogP contribution in [0.4, 0.5) is 0 Å². The summed E-state index contributed by atoms with van der Waals surface area (Å²) in [5.41, 5.74) is 5.41. The average Bonchev–Trinajstić information content (AvgIpc) is 2.55. The lowest BCUT2D eigenvalue weighted by atomic mass is 10.1. The van der Waals surface area contributed by atoms with Crippen molar-refractivity contribution in [2.75, 3.05) is 12.4 Å². The van der Waals surface area contributed by atoms with Gasteiger partial charge in [-0.1, -0.05) is 0 Å². The molecule has 0 heterocycles. The van der Waals surface area contributed by atoms with Gasteiger partial charge in [0.15, 0.2) is 0 Å². The molecule has 0 spiro atoms. The highest BCUT2D eigenvalue weighted by Crippen LogP contribution is 1.95. The molecule has 144 valence electrons. The molecule has 0 saturated carbocycles. The minimum Gasteiger partial charge on any atom is -0.480 e.